The molecular weight excluding hydrogens is 268 g/mol. The van der Waals surface area contributed by atoms with Crippen LogP contribution in [0.3, 0.4) is 0 Å². The van der Waals surface area contributed by atoms with Crippen LogP contribution in [-0.4, -0.2) is 18.0 Å². The molecule has 1 aliphatic rings. The number of fused-ring (bicyclic) bond motifs is 1. The molecule has 2 aromatic carbocycles. The lowest BCUT2D eigenvalue weighted by molar-refractivity contribution is 0.184. The largest absolute Gasteiger partial charge is 0.320 e. The first-order valence-corrected chi connectivity index (χ1v) is 8.35. The fraction of sp³-hybridized carbons (Fsp3) is 0.400. The van der Waals surface area contributed by atoms with E-state index in [0.29, 0.717) is 0 Å². The third-order valence-corrected chi connectivity index (χ3v) is 4.76. The Morgan fingerprint density at radius 3 is 2.41 bits per heavy atom. The van der Waals surface area contributed by atoms with E-state index in [4.69, 9.17) is 5.73 Å². The molecule has 0 fully saturated rings. The van der Waals surface area contributed by atoms with Gasteiger partial charge in [-0.1, -0.05) is 67.9 Å². The van der Waals surface area contributed by atoms with Crippen LogP contribution in [0.5, 0.6) is 0 Å². The van der Waals surface area contributed by atoms with Crippen LogP contribution in [0.4, 0.5) is 0 Å². The van der Waals surface area contributed by atoms with E-state index in [-0.39, 0.29) is 5.54 Å². The summed E-state index contributed by atoms with van der Waals surface area (Å²) in [6.45, 7) is 5.27. The normalized spacial score (nSPS) is 17.7. The van der Waals surface area contributed by atoms with Crippen molar-refractivity contribution in [3.05, 3.63) is 71.3 Å². The highest BCUT2D eigenvalue weighted by Crippen LogP contribution is 2.27. The average molecular weight is 294 g/mol. The van der Waals surface area contributed by atoms with Gasteiger partial charge in [0, 0.05) is 19.6 Å². The molecule has 2 aromatic rings. The molecule has 2 N–H and O–H groups in total. The quantitative estimate of drug-likeness (QED) is 0.911. The van der Waals surface area contributed by atoms with Crippen LogP contribution in [0.1, 0.15) is 36.5 Å². The number of hydrogen-bond acceptors (Lipinski definition) is 2. The first kappa shape index (κ1) is 15.3. The van der Waals surface area contributed by atoms with Gasteiger partial charge in [0.2, 0.25) is 0 Å². The molecule has 0 aliphatic carbocycles. The zero-order valence-corrected chi connectivity index (χ0v) is 13.5. The molecule has 1 unspecified atom stereocenters. The number of nitrogens with two attached hydrogens (primary N) is 1. The second kappa shape index (κ2) is 6.64. The average Bonchev–Trinajstić information content (AvgIpc) is 2.56. The Morgan fingerprint density at radius 1 is 1.00 bits per heavy atom. The van der Waals surface area contributed by atoms with Crippen LogP contribution in [0, 0.1) is 0 Å². The lowest BCUT2D eigenvalue weighted by atomic mass is 9.85. The Bertz CT molecular complexity index is 608. The van der Waals surface area contributed by atoms with Crippen LogP contribution in [0.15, 0.2) is 54.6 Å². The number of rotatable bonds is 5. The molecular formula is C20H26N2. The van der Waals surface area contributed by atoms with Crippen molar-refractivity contribution in [2.45, 2.75) is 38.3 Å². The molecule has 0 aromatic heterocycles. The van der Waals surface area contributed by atoms with Crippen LogP contribution in [0.25, 0.3) is 0 Å². The standard InChI is InChI=1S/C20H26N2/c1-2-13-20(21,19-10-4-3-5-11-19)16-22-14-12-17-8-6-7-9-18(17)15-22/h3-11H,2,12-16,21H2,1H3. The first-order chi connectivity index (χ1) is 10.7. The predicted octanol–water partition coefficient (Wildman–Crippen LogP) is 3.70. The molecule has 3 rings (SSSR count). The summed E-state index contributed by atoms with van der Waals surface area (Å²) < 4.78 is 0. The van der Waals surface area contributed by atoms with E-state index in [9.17, 15) is 0 Å². The molecule has 116 valence electrons. The molecule has 1 aliphatic heterocycles. The molecule has 0 bridgehead atoms. The summed E-state index contributed by atoms with van der Waals surface area (Å²) in [4.78, 5) is 2.52. The van der Waals surface area contributed by atoms with Gasteiger partial charge in [-0.3, -0.25) is 4.90 Å². The van der Waals surface area contributed by atoms with Crippen molar-refractivity contribution >= 4 is 0 Å². The summed E-state index contributed by atoms with van der Waals surface area (Å²) in [5.74, 6) is 0. The Kier molecular flexibility index (Phi) is 4.60. The van der Waals surface area contributed by atoms with Gasteiger partial charge in [-0.2, -0.15) is 0 Å². The number of nitrogens with zero attached hydrogens (tertiary/aromatic N) is 1. The molecule has 0 spiro atoms. The highest BCUT2D eigenvalue weighted by Gasteiger charge is 2.30. The van der Waals surface area contributed by atoms with Crippen LogP contribution >= 0.6 is 0 Å². The maximum absolute atomic E-state index is 6.84. The van der Waals surface area contributed by atoms with Crippen LogP contribution in [-0.2, 0) is 18.5 Å². The van der Waals surface area contributed by atoms with Crippen molar-refractivity contribution in [2.75, 3.05) is 13.1 Å². The van der Waals surface area contributed by atoms with Crippen LogP contribution in [0.2, 0.25) is 0 Å². The summed E-state index contributed by atoms with van der Waals surface area (Å²) in [5, 5.41) is 0. The van der Waals surface area contributed by atoms with E-state index in [1.807, 2.05) is 0 Å². The molecule has 0 radical (unpaired) electrons. The lowest BCUT2D eigenvalue weighted by Gasteiger charge is -2.38. The van der Waals surface area contributed by atoms with Gasteiger partial charge in [0.25, 0.3) is 0 Å². The Morgan fingerprint density at radius 2 is 1.68 bits per heavy atom. The highest BCUT2D eigenvalue weighted by atomic mass is 15.1. The number of hydrogen-bond donors (Lipinski definition) is 1. The van der Waals surface area contributed by atoms with Gasteiger partial charge in [0.15, 0.2) is 0 Å². The molecule has 0 amide bonds. The van der Waals surface area contributed by atoms with Gasteiger partial charge in [-0.25, -0.2) is 0 Å². The van der Waals surface area contributed by atoms with E-state index in [2.05, 4.69) is 66.4 Å². The van der Waals surface area contributed by atoms with Crippen molar-refractivity contribution in [1.82, 2.24) is 4.90 Å². The van der Waals surface area contributed by atoms with Gasteiger partial charge in [-0.15, -0.1) is 0 Å². The molecule has 1 atom stereocenters. The monoisotopic (exact) mass is 294 g/mol. The minimum absolute atomic E-state index is 0.248. The van der Waals surface area contributed by atoms with Gasteiger partial charge in [0.05, 0.1) is 5.54 Å². The van der Waals surface area contributed by atoms with Crippen LogP contribution < -0.4 is 5.73 Å². The van der Waals surface area contributed by atoms with Crippen molar-refractivity contribution in [3.63, 3.8) is 0 Å². The Balaban J connectivity index is 1.78. The summed E-state index contributed by atoms with van der Waals surface area (Å²) in [5.41, 5.74) is 10.8. The zero-order valence-electron chi connectivity index (χ0n) is 13.5. The molecule has 0 saturated carbocycles. The molecule has 1 heterocycles. The fourth-order valence-electron chi connectivity index (χ4n) is 3.62. The van der Waals surface area contributed by atoms with E-state index in [0.717, 1.165) is 38.9 Å². The second-order valence-corrected chi connectivity index (χ2v) is 6.50. The second-order valence-electron chi connectivity index (χ2n) is 6.50. The van der Waals surface area contributed by atoms with Gasteiger partial charge in [-0.05, 0) is 29.5 Å². The first-order valence-electron chi connectivity index (χ1n) is 8.35. The zero-order chi connectivity index (χ0) is 15.4. The minimum atomic E-state index is -0.248. The fourth-order valence-corrected chi connectivity index (χ4v) is 3.62. The molecule has 2 heteroatoms. The highest BCUT2D eigenvalue weighted by molar-refractivity contribution is 5.30. The summed E-state index contributed by atoms with van der Waals surface area (Å²) in [6, 6.07) is 19.4. The summed E-state index contributed by atoms with van der Waals surface area (Å²) in [7, 11) is 0. The summed E-state index contributed by atoms with van der Waals surface area (Å²) >= 11 is 0. The van der Waals surface area contributed by atoms with E-state index in [1.165, 1.54) is 16.7 Å². The maximum Gasteiger partial charge on any atom is 0.0538 e. The SMILES string of the molecule is CCCC(N)(CN1CCc2ccccc2C1)c1ccccc1. The van der Waals surface area contributed by atoms with Crippen molar-refractivity contribution in [2.24, 2.45) is 5.73 Å². The molecule has 2 nitrogen and oxygen atoms in total. The van der Waals surface area contributed by atoms with Crippen molar-refractivity contribution in [3.8, 4) is 0 Å². The van der Waals surface area contributed by atoms with Gasteiger partial charge < -0.3 is 5.73 Å². The third-order valence-electron chi connectivity index (χ3n) is 4.76. The maximum atomic E-state index is 6.84. The van der Waals surface area contributed by atoms with E-state index in [1.54, 1.807) is 0 Å². The molecule has 0 saturated heterocycles. The third kappa shape index (κ3) is 3.23. The Hall–Kier alpha value is -1.64. The minimum Gasteiger partial charge on any atom is -0.320 e. The van der Waals surface area contributed by atoms with E-state index < -0.39 is 0 Å². The smallest absolute Gasteiger partial charge is 0.0538 e. The Labute approximate surface area is 134 Å². The lowest BCUT2D eigenvalue weighted by Crippen LogP contribution is -2.48. The van der Waals surface area contributed by atoms with Gasteiger partial charge in [0.1, 0.15) is 0 Å². The number of benzene rings is 2. The molecule has 22 heavy (non-hydrogen) atoms. The summed E-state index contributed by atoms with van der Waals surface area (Å²) in [6.07, 6.45) is 3.26. The van der Waals surface area contributed by atoms with Gasteiger partial charge >= 0.3 is 0 Å². The predicted molar refractivity (Wildman–Crippen MR) is 92.6 cm³/mol. The van der Waals surface area contributed by atoms with Crippen molar-refractivity contribution in [1.29, 1.82) is 0 Å². The topological polar surface area (TPSA) is 29.3 Å². The van der Waals surface area contributed by atoms with E-state index >= 15 is 0 Å². The van der Waals surface area contributed by atoms with Crippen molar-refractivity contribution < 1.29 is 0 Å².